The average molecular weight is 1220 g/mol. The molecule has 86 heavy (non-hydrogen) atoms. The Morgan fingerprint density at radius 2 is 0.826 bits per heavy atom. The van der Waals surface area contributed by atoms with Crippen molar-refractivity contribution in [1.82, 2.24) is 55.6 Å². The first-order valence-corrected chi connectivity index (χ1v) is 31.0. The summed E-state index contributed by atoms with van der Waals surface area (Å²) < 4.78 is 22.3. The monoisotopic (exact) mass is 1220 g/mol. The minimum Gasteiger partial charge on any atom is -0.375 e. The summed E-state index contributed by atoms with van der Waals surface area (Å²) in [4.78, 5) is 170. The van der Waals surface area contributed by atoms with Gasteiger partial charge >= 0.3 is 0 Å². The maximum Gasteiger partial charge on any atom is 0.248 e. The standard InChI is InChI=1S/C62H110FN11O12/c1-25-42-57(80)73(23)49(39(15)63)62(85)69(19)44(29-33(4)5)54(77)67-47(36(10)11)60(83)68(18)43(28-32(2)3)53(76)64-40(16)52(75)65-41(17)56(79)70(20)45(30-34(6)7)58(81)71(21)46(31-35(8)9)59(82)72(22)48(37(12)13)61(84)74(24)50(55(78)66-42)51-38(14)26-27-86-51/h32-51H,25-31H2,1-24H3,(H,64,76)(H,65,75)(H,66,78)(H,67,77)/t38-,39?,40-,41+,42-,43-,44+,45-,46-,47-,48-,49-,50-,51-/m1/s1. The van der Waals surface area contributed by atoms with Crippen molar-refractivity contribution in [1.29, 1.82) is 0 Å². The van der Waals surface area contributed by atoms with Gasteiger partial charge in [-0.25, -0.2) is 4.39 Å². The Labute approximate surface area is 513 Å². The zero-order valence-electron chi connectivity index (χ0n) is 56.4. The van der Waals surface area contributed by atoms with Crippen molar-refractivity contribution in [3.8, 4) is 0 Å². The van der Waals surface area contributed by atoms with Gasteiger partial charge in [0.25, 0.3) is 0 Å². The maximum absolute atomic E-state index is 16.2. The fourth-order valence-corrected chi connectivity index (χ4v) is 11.6. The zero-order chi connectivity index (χ0) is 66.4. The van der Waals surface area contributed by atoms with Gasteiger partial charge in [-0.1, -0.05) is 96.9 Å². The SMILES string of the molecule is CC[C@H]1NC(=O)[C@@H]([C@@H]2OCC[C@H]2C)N(C)C(=O)[C@@H](C(C)C)N(C)C(=O)[C@@H](CC(C)C)N(C)C(=O)[C@@H](CC(C)C)N(C)C(=O)[C@H](C)NC(=O)[C@@H](C)NC(=O)[C@@H](CC(C)C)N(C)C(=O)[C@@H](C(C)C)NC(=O)[C@H](CC(C)C)N(C)C(=O)[C@@H](C(C)F)N(C)C1=O. The molecule has 1 unspecified atom stereocenters. The first-order valence-electron chi connectivity index (χ1n) is 31.0. The van der Waals surface area contributed by atoms with Crippen LogP contribution in [0.2, 0.25) is 0 Å². The summed E-state index contributed by atoms with van der Waals surface area (Å²) in [7, 11) is 9.74. The second kappa shape index (κ2) is 33.4. The van der Waals surface area contributed by atoms with Crippen molar-refractivity contribution in [2.75, 3.05) is 55.9 Å². The van der Waals surface area contributed by atoms with Crippen LogP contribution in [0.5, 0.6) is 0 Å². The first kappa shape index (κ1) is 76.2. The van der Waals surface area contributed by atoms with E-state index >= 15 is 14.0 Å². The molecule has 0 aromatic rings. The van der Waals surface area contributed by atoms with E-state index in [4.69, 9.17) is 4.74 Å². The minimum atomic E-state index is -2.01. The number of hydrogen-bond donors (Lipinski definition) is 4. The largest absolute Gasteiger partial charge is 0.375 e. The molecule has 11 amide bonds. The Bertz CT molecular complexity index is 2370. The normalized spacial score (nSPS) is 29.8. The van der Waals surface area contributed by atoms with Crippen LogP contribution in [0.3, 0.4) is 0 Å². The lowest BCUT2D eigenvalue weighted by Gasteiger charge is -2.41. The molecule has 23 nitrogen and oxygen atoms in total. The Hall–Kier alpha value is -5.94. The fraction of sp³-hybridized carbons (Fsp3) is 0.823. The molecule has 2 rings (SSSR count). The highest BCUT2D eigenvalue weighted by atomic mass is 19.1. The number of halogens is 1. The Morgan fingerprint density at radius 1 is 0.430 bits per heavy atom. The van der Waals surface area contributed by atoms with Gasteiger partial charge in [0.1, 0.15) is 72.6 Å². The van der Waals surface area contributed by atoms with Gasteiger partial charge in [0.2, 0.25) is 65.0 Å². The quantitative estimate of drug-likeness (QED) is 0.207. The van der Waals surface area contributed by atoms with Crippen LogP contribution in [-0.2, 0) is 57.5 Å². The van der Waals surface area contributed by atoms with E-state index in [9.17, 15) is 43.2 Å². The van der Waals surface area contributed by atoms with E-state index in [0.29, 0.717) is 6.42 Å². The van der Waals surface area contributed by atoms with Crippen LogP contribution >= 0.6 is 0 Å². The van der Waals surface area contributed by atoms with Crippen molar-refractivity contribution in [3.63, 3.8) is 0 Å². The Balaban J connectivity index is 3.01. The van der Waals surface area contributed by atoms with Crippen LogP contribution in [0.1, 0.15) is 156 Å². The second-order valence-corrected chi connectivity index (χ2v) is 26.7. The predicted octanol–water partition coefficient (Wildman–Crippen LogP) is 3.46. The summed E-state index contributed by atoms with van der Waals surface area (Å²) in [5.74, 6) is -9.97. The third kappa shape index (κ3) is 19.5. The van der Waals surface area contributed by atoms with E-state index in [1.165, 1.54) is 87.7 Å². The molecule has 0 spiro atoms. The van der Waals surface area contributed by atoms with E-state index in [-0.39, 0.29) is 68.3 Å². The van der Waals surface area contributed by atoms with Gasteiger partial charge in [-0.2, -0.15) is 0 Å². The van der Waals surface area contributed by atoms with Gasteiger partial charge in [-0.3, -0.25) is 52.7 Å². The average Bonchev–Trinajstić information content (AvgIpc) is 2.74. The summed E-state index contributed by atoms with van der Waals surface area (Å²) in [5.41, 5.74) is 0. The van der Waals surface area contributed by atoms with Gasteiger partial charge in [0.15, 0.2) is 0 Å². The van der Waals surface area contributed by atoms with Crippen LogP contribution in [-0.4, -0.2) is 234 Å². The Kier molecular flexibility index (Phi) is 29.6. The molecular weight excluding hydrogens is 1110 g/mol. The number of amides is 11. The van der Waals surface area contributed by atoms with E-state index < -0.39 is 156 Å². The van der Waals surface area contributed by atoms with E-state index in [1.54, 1.807) is 34.6 Å². The number of ether oxygens (including phenoxy) is 1. The fourth-order valence-electron chi connectivity index (χ4n) is 11.6. The molecule has 2 fully saturated rings. The molecule has 2 saturated heterocycles. The van der Waals surface area contributed by atoms with Gasteiger partial charge < -0.3 is 60.3 Å². The van der Waals surface area contributed by atoms with Gasteiger partial charge in [0, 0.05) is 55.9 Å². The van der Waals surface area contributed by atoms with Crippen molar-refractivity contribution >= 4 is 65.0 Å². The second-order valence-electron chi connectivity index (χ2n) is 26.7. The molecule has 2 aliphatic rings. The van der Waals surface area contributed by atoms with Gasteiger partial charge in [0.05, 0.1) is 6.10 Å². The molecule has 4 N–H and O–H groups in total. The number of rotatable bonds is 13. The predicted molar refractivity (Wildman–Crippen MR) is 327 cm³/mol. The van der Waals surface area contributed by atoms with Crippen molar-refractivity contribution in [2.45, 2.75) is 235 Å². The van der Waals surface area contributed by atoms with Gasteiger partial charge in [-0.05, 0) is 101 Å². The van der Waals surface area contributed by atoms with Crippen LogP contribution < -0.4 is 21.3 Å². The molecule has 24 heteroatoms. The summed E-state index contributed by atoms with van der Waals surface area (Å²) in [6.07, 6.45) is -1.91. The molecule has 0 aromatic heterocycles. The van der Waals surface area contributed by atoms with Crippen molar-refractivity contribution < 1.29 is 61.9 Å². The summed E-state index contributed by atoms with van der Waals surface area (Å²) >= 11 is 0. The maximum atomic E-state index is 16.2. The summed E-state index contributed by atoms with van der Waals surface area (Å²) in [6.45, 7) is 29.4. The molecule has 0 bridgehead atoms. The number of carbonyl (C=O) groups is 11. The van der Waals surface area contributed by atoms with Crippen molar-refractivity contribution in [2.24, 2.45) is 41.4 Å². The van der Waals surface area contributed by atoms with E-state index in [1.807, 2.05) is 62.3 Å². The third-order valence-corrected chi connectivity index (χ3v) is 16.8. The topological polar surface area (TPSA) is 268 Å². The van der Waals surface area contributed by atoms with Crippen LogP contribution in [0, 0.1) is 41.4 Å². The molecule has 0 saturated carbocycles. The van der Waals surface area contributed by atoms with Crippen LogP contribution in [0.4, 0.5) is 4.39 Å². The summed E-state index contributed by atoms with van der Waals surface area (Å²) in [5, 5.41) is 11.0. The first-order chi connectivity index (χ1) is 39.7. The number of hydrogen-bond acceptors (Lipinski definition) is 12. The molecule has 14 atom stereocenters. The molecule has 0 aromatic carbocycles. The lowest BCUT2D eigenvalue weighted by atomic mass is 9.93. The lowest BCUT2D eigenvalue weighted by molar-refractivity contribution is -0.157. The zero-order valence-corrected chi connectivity index (χ0v) is 56.4. The van der Waals surface area contributed by atoms with Crippen LogP contribution in [0.15, 0.2) is 0 Å². The minimum absolute atomic E-state index is 0.0424. The Morgan fingerprint density at radius 3 is 1.24 bits per heavy atom. The van der Waals surface area contributed by atoms with Crippen LogP contribution in [0.25, 0.3) is 0 Å². The molecule has 0 aliphatic carbocycles. The molecule has 2 aliphatic heterocycles. The van der Waals surface area contributed by atoms with Crippen molar-refractivity contribution in [3.05, 3.63) is 0 Å². The molecule has 0 radical (unpaired) electrons. The molecule has 492 valence electrons. The third-order valence-electron chi connectivity index (χ3n) is 16.8. The number of nitrogens with zero attached hydrogens (tertiary/aromatic N) is 7. The number of carbonyl (C=O) groups excluding carboxylic acids is 11. The smallest absolute Gasteiger partial charge is 0.248 e. The number of alkyl halides is 1. The van der Waals surface area contributed by atoms with Gasteiger partial charge in [-0.15, -0.1) is 0 Å². The number of likely N-dealkylation sites (N-methyl/N-ethyl adjacent to an activating group) is 7. The van der Waals surface area contributed by atoms with E-state index in [2.05, 4.69) is 21.3 Å². The highest BCUT2D eigenvalue weighted by Crippen LogP contribution is 2.29. The molecule has 2 heterocycles. The summed E-state index contributed by atoms with van der Waals surface area (Å²) in [6, 6.07) is -14.2. The lowest BCUT2D eigenvalue weighted by Crippen LogP contribution is -2.64. The number of nitrogens with one attached hydrogen (secondary N) is 4. The van der Waals surface area contributed by atoms with E-state index in [0.717, 1.165) is 16.7 Å². The molecular formula is C62H110FN11O12. The highest BCUT2D eigenvalue weighted by molar-refractivity contribution is 6.00. The highest BCUT2D eigenvalue weighted by Gasteiger charge is 2.48.